The molecule has 1 rings (SSSR count). The van der Waals surface area contributed by atoms with E-state index in [2.05, 4.69) is 12.2 Å². The Morgan fingerprint density at radius 2 is 2.20 bits per heavy atom. The molecule has 1 atom stereocenters. The first-order valence-corrected chi connectivity index (χ1v) is 6.16. The number of carbonyl (C=O) groups is 1. The topological polar surface area (TPSA) is 49.3 Å². The molecule has 0 saturated heterocycles. The van der Waals surface area contributed by atoms with Crippen LogP contribution in [0.3, 0.4) is 0 Å². The molecule has 0 heterocycles. The molecular formula is C12H23NO2. The maximum atomic E-state index is 11.5. The molecule has 0 radical (unpaired) electrons. The summed E-state index contributed by atoms with van der Waals surface area (Å²) in [4.78, 5) is 11.5. The largest absolute Gasteiger partial charge is 0.396 e. The zero-order valence-electron chi connectivity index (χ0n) is 9.67. The zero-order chi connectivity index (χ0) is 11.1. The first-order valence-electron chi connectivity index (χ1n) is 6.16. The lowest BCUT2D eigenvalue weighted by Crippen LogP contribution is -2.34. The predicted octanol–water partition coefficient (Wildman–Crippen LogP) is 1.84. The molecule has 1 unspecified atom stereocenters. The molecule has 3 nitrogen and oxygen atoms in total. The van der Waals surface area contributed by atoms with E-state index in [4.69, 9.17) is 5.11 Å². The quantitative estimate of drug-likeness (QED) is 0.604. The fourth-order valence-electron chi connectivity index (χ4n) is 1.78. The molecule has 88 valence electrons. The summed E-state index contributed by atoms with van der Waals surface area (Å²) in [5, 5.41) is 11.7. The Balaban J connectivity index is 2.09. The number of aliphatic hydroxyl groups is 1. The van der Waals surface area contributed by atoms with Crippen molar-refractivity contribution in [3.8, 4) is 0 Å². The van der Waals surface area contributed by atoms with E-state index in [1.165, 1.54) is 12.8 Å². The van der Waals surface area contributed by atoms with Crippen molar-refractivity contribution in [2.75, 3.05) is 6.61 Å². The number of hydrogen-bond acceptors (Lipinski definition) is 2. The minimum Gasteiger partial charge on any atom is -0.396 e. The molecule has 0 bridgehead atoms. The van der Waals surface area contributed by atoms with Gasteiger partial charge in [0.25, 0.3) is 0 Å². The van der Waals surface area contributed by atoms with Crippen LogP contribution in [0, 0.1) is 5.92 Å². The number of rotatable bonds is 8. The lowest BCUT2D eigenvalue weighted by atomic mass is 10.1. The average molecular weight is 213 g/mol. The second-order valence-electron chi connectivity index (χ2n) is 4.53. The molecule has 0 aromatic heterocycles. The molecule has 0 spiro atoms. The van der Waals surface area contributed by atoms with Gasteiger partial charge in [0, 0.05) is 19.1 Å². The Bertz CT molecular complexity index is 190. The van der Waals surface area contributed by atoms with Crippen LogP contribution in [-0.2, 0) is 4.79 Å². The molecule has 1 fully saturated rings. The number of unbranched alkanes of at least 4 members (excludes halogenated alkanes) is 1. The number of nitrogens with one attached hydrogen (secondary N) is 1. The Morgan fingerprint density at radius 3 is 2.73 bits per heavy atom. The van der Waals surface area contributed by atoms with Crippen LogP contribution in [0.1, 0.15) is 51.9 Å². The summed E-state index contributed by atoms with van der Waals surface area (Å²) in [5.74, 6) is 1.02. The Hall–Kier alpha value is -0.570. The van der Waals surface area contributed by atoms with Gasteiger partial charge in [0.2, 0.25) is 5.91 Å². The van der Waals surface area contributed by atoms with Crippen LogP contribution in [0.2, 0.25) is 0 Å². The highest BCUT2D eigenvalue weighted by Gasteiger charge is 2.25. The first kappa shape index (κ1) is 12.5. The van der Waals surface area contributed by atoms with E-state index in [1.54, 1.807) is 0 Å². The molecule has 0 aromatic carbocycles. The van der Waals surface area contributed by atoms with Crippen LogP contribution in [0.4, 0.5) is 0 Å². The number of aliphatic hydroxyl groups excluding tert-OH is 1. The summed E-state index contributed by atoms with van der Waals surface area (Å²) in [6.45, 7) is 2.31. The van der Waals surface area contributed by atoms with Crippen LogP contribution in [-0.4, -0.2) is 23.7 Å². The minimum atomic E-state index is 0.149. The van der Waals surface area contributed by atoms with E-state index in [9.17, 15) is 4.79 Å². The van der Waals surface area contributed by atoms with Crippen molar-refractivity contribution in [2.24, 2.45) is 5.92 Å². The molecule has 3 heteroatoms. The number of hydrogen-bond donors (Lipinski definition) is 2. The van der Waals surface area contributed by atoms with Crippen LogP contribution in [0.15, 0.2) is 0 Å². The number of amides is 1. The standard InChI is InChI=1S/C12H23NO2/c1-2-11(9-10-6-7-10)13-12(15)5-3-4-8-14/h10-11,14H,2-9H2,1H3,(H,13,15). The third-order valence-electron chi connectivity index (χ3n) is 2.98. The molecule has 2 N–H and O–H groups in total. The van der Waals surface area contributed by atoms with Gasteiger partial charge in [-0.2, -0.15) is 0 Å². The molecule has 0 aromatic rings. The summed E-state index contributed by atoms with van der Waals surface area (Å²) in [6.07, 6.45) is 6.95. The normalized spacial score (nSPS) is 17.5. The Labute approximate surface area is 92.3 Å². The molecule has 1 aliphatic carbocycles. The summed E-state index contributed by atoms with van der Waals surface area (Å²) in [6, 6.07) is 0.374. The van der Waals surface area contributed by atoms with Gasteiger partial charge in [0.05, 0.1) is 0 Å². The van der Waals surface area contributed by atoms with E-state index in [-0.39, 0.29) is 12.5 Å². The van der Waals surface area contributed by atoms with Gasteiger partial charge in [-0.1, -0.05) is 19.8 Å². The third kappa shape index (κ3) is 5.78. The van der Waals surface area contributed by atoms with E-state index in [0.717, 1.165) is 31.6 Å². The molecule has 1 amide bonds. The van der Waals surface area contributed by atoms with Gasteiger partial charge < -0.3 is 10.4 Å². The second-order valence-corrected chi connectivity index (χ2v) is 4.53. The van der Waals surface area contributed by atoms with Gasteiger partial charge in [-0.25, -0.2) is 0 Å². The fraction of sp³-hybridized carbons (Fsp3) is 0.917. The summed E-state index contributed by atoms with van der Waals surface area (Å²) < 4.78 is 0. The van der Waals surface area contributed by atoms with Gasteiger partial charge in [-0.3, -0.25) is 4.79 Å². The predicted molar refractivity (Wildman–Crippen MR) is 60.5 cm³/mol. The van der Waals surface area contributed by atoms with Crippen LogP contribution >= 0.6 is 0 Å². The maximum absolute atomic E-state index is 11.5. The smallest absolute Gasteiger partial charge is 0.220 e. The molecule has 15 heavy (non-hydrogen) atoms. The SMILES string of the molecule is CCC(CC1CC1)NC(=O)CCCCO. The number of carbonyl (C=O) groups excluding carboxylic acids is 1. The van der Waals surface area contributed by atoms with Crippen LogP contribution in [0.25, 0.3) is 0 Å². The highest BCUT2D eigenvalue weighted by Crippen LogP contribution is 2.34. The molecule has 1 saturated carbocycles. The van der Waals surface area contributed by atoms with Crippen molar-refractivity contribution >= 4 is 5.91 Å². The lowest BCUT2D eigenvalue weighted by Gasteiger charge is -2.16. The average Bonchev–Trinajstić information content (AvgIpc) is 3.01. The third-order valence-corrected chi connectivity index (χ3v) is 2.98. The van der Waals surface area contributed by atoms with Crippen molar-refractivity contribution in [3.63, 3.8) is 0 Å². The fourth-order valence-corrected chi connectivity index (χ4v) is 1.78. The van der Waals surface area contributed by atoms with Crippen LogP contribution in [0.5, 0.6) is 0 Å². The minimum absolute atomic E-state index is 0.149. The van der Waals surface area contributed by atoms with Crippen molar-refractivity contribution in [1.82, 2.24) is 5.32 Å². The van der Waals surface area contributed by atoms with Crippen molar-refractivity contribution < 1.29 is 9.90 Å². The van der Waals surface area contributed by atoms with Crippen molar-refractivity contribution in [3.05, 3.63) is 0 Å². The van der Waals surface area contributed by atoms with Gasteiger partial charge in [-0.15, -0.1) is 0 Å². The van der Waals surface area contributed by atoms with Gasteiger partial charge in [0.15, 0.2) is 0 Å². The molecule has 1 aliphatic rings. The summed E-state index contributed by atoms with van der Waals surface area (Å²) in [7, 11) is 0. The monoisotopic (exact) mass is 213 g/mol. The van der Waals surface area contributed by atoms with Crippen molar-refractivity contribution in [1.29, 1.82) is 0 Å². The Kier molecular flexibility index (Phi) is 5.69. The molecular weight excluding hydrogens is 190 g/mol. The Morgan fingerprint density at radius 1 is 1.47 bits per heavy atom. The summed E-state index contributed by atoms with van der Waals surface area (Å²) >= 11 is 0. The first-order chi connectivity index (χ1) is 7.26. The van der Waals surface area contributed by atoms with E-state index in [1.807, 2.05) is 0 Å². The lowest BCUT2D eigenvalue weighted by molar-refractivity contribution is -0.122. The van der Waals surface area contributed by atoms with E-state index < -0.39 is 0 Å². The van der Waals surface area contributed by atoms with Gasteiger partial charge in [-0.05, 0) is 31.6 Å². The van der Waals surface area contributed by atoms with E-state index >= 15 is 0 Å². The highest BCUT2D eigenvalue weighted by molar-refractivity contribution is 5.76. The highest BCUT2D eigenvalue weighted by atomic mass is 16.2. The summed E-state index contributed by atoms with van der Waals surface area (Å²) in [5.41, 5.74) is 0. The zero-order valence-corrected chi connectivity index (χ0v) is 9.67. The molecule has 0 aliphatic heterocycles. The van der Waals surface area contributed by atoms with Gasteiger partial charge >= 0.3 is 0 Å². The second kappa shape index (κ2) is 6.83. The van der Waals surface area contributed by atoms with Gasteiger partial charge in [0.1, 0.15) is 0 Å². The van der Waals surface area contributed by atoms with Crippen LogP contribution < -0.4 is 5.32 Å². The van der Waals surface area contributed by atoms with E-state index in [0.29, 0.717) is 12.5 Å². The maximum Gasteiger partial charge on any atom is 0.220 e. The van der Waals surface area contributed by atoms with Crippen molar-refractivity contribution in [2.45, 2.75) is 57.9 Å².